The van der Waals surface area contributed by atoms with Gasteiger partial charge in [-0.15, -0.1) is 0 Å². The molecule has 0 aliphatic heterocycles. The van der Waals surface area contributed by atoms with E-state index < -0.39 is 7.99 Å². The van der Waals surface area contributed by atoms with Crippen molar-refractivity contribution in [2.45, 2.75) is 20.8 Å². The molecule has 0 bridgehead atoms. The van der Waals surface area contributed by atoms with Crippen LogP contribution in [0.15, 0.2) is 0 Å². The molecule has 0 aliphatic carbocycles. The van der Waals surface area contributed by atoms with Crippen LogP contribution in [0.25, 0.3) is 0 Å². The molecule has 0 aliphatic rings. The van der Waals surface area contributed by atoms with E-state index in [-0.39, 0.29) is 0 Å². The molecule has 0 atom stereocenters. The molecule has 0 heterocycles. The van der Waals surface area contributed by atoms with E-state index >= 15 is 0 Å². The summed E-state index contributed by atoms with van der Waals surface area (Å²) in [5.41, 5.74) is 0. The van der Waals surface area contributed by atoms with Crippen LogP contribution < -0.4 is 4.89 Å². The Balaban J connectivity index is 0. The van der Waals surface area contributed by atoms with E-state index in [1.165, 1.54) is 24.1 Å². The Labute approximate surface area is 78.7 Å². The van der Waals surface area contributed by atoms with E-state index in [0.29, 0.717) is 0 Å². The van der Waals surface area contributed by atoms with Gasteiger partial charge in [-0.3, -0.25) is 4.57 Å². The van der Waals surface area contributed by atoms with Crippen LogP contribution in [0.1, 0.15) is 20.8 Å². The Bertz CT molecular complexity index is 151. The van der Waals surface area contributed by atoms with Crippen LogP contribution in [0.2, 0.25) is 0 Å². The Morgan fingerprint density at radius 2 is 1.31 bits per heavy atom. The lowest BCUT2D eigenvalue weighted by Gasteiger charge is -2.30. The van der Waals surface area contributed by atoms with Crippen molar-refractivity contribution >= 4 is 7.99 Å². The van der Waals surface area contributed by atoms with Gasteiger partial charge in [-0.2, -0.15) is 8.39 Å². The molecule has 82 valence electrons. The Morgan fingerprint density at radius 1 is 1.15 bits per heavy atom. The average molecular weight is 217 g/mol. The maximum atomic E-state index is 10.0. The van der Waals surface area contributed by atoms with Crippen molar-refractivity contribution < 1.29 is 22.3 Å². The van der Waals surface area contributed by atoms with Crippen molar-refractivity contribution in [3.63, 3.8) is 0 Å². The average Bonchev–Trinajstić information content (AvgIpc) is 2.00. The van der Waals surface area contributed by atoms with Gasteiger partial charge >= 0.3 is 7.99 Å². The van der Waals surface area contributed by atoms with E-state index in [9.17, 15) is 8.39 Å². The highest BCUT2D eigenvalue weighted by Gasteiger charge is 2.10. The maximum absolute atomic E-state index is 10.0. The summed E-state index contributed by atoms with van der Waals surface area (Å²) in [5, 5.41) is 0. The van der Waals surface area contributed by atoms with E-state index in [1.54, 1.807) is 0 Å². The number of hydrogen-bond acceptors (Lipinski definition) is 2. The van der Waals surface area contributed by atoms with Gasteiger partial charge in [-0.05, 0) is 20.8 Å². The van der Waals surface area contributed by atoms with Gasteiger partial charge in [0.1, 0.15) is 0 Å². The van der Waals surface area contributed by atoms with E-state index in [4.69, 9.17) is 9.46 Å². The van der Waals surface area contributed by atoms with Crippen LogP contribution in [0, 0.1) is 0 Å². The summed E-state index contributed by atoms with van der Waals surface area (Å²) in [6.45, 7) is 10.5. The SMILES string of the molecule is CC[N+](C)(CC)CC.O=P([O-])(F)F. The molecule has 0 saturated heterocycles. The summed E-state index contributed by atoms with van der Waals surface area (Å²) in [6.07, 6.45) is 0. The molecule has 0 aromatic rings. The summed E-state index contributed by atoms with van der Waals surface area (Å²) in [7, 11) is -3.60. The standard InChI is InChI=1S/C7H18N.F2HO2P/c1-5-8(4,6-2)7-3;1-5(2,3)4/h5-7H2,1-4H3;(H,3,4)/q+1;/p-1. The van der Waals surface area contributed by atoms with Crippen molar-refractivity contribution in [3.05, 3.63) is 0 Å². The highest BCUT2D eigenvalue weighted by molar-refractivity contribution is 7.44. The van der Waals surface area contributed by atoms with Crippen LogP contribution in [-0.2, 0) is 4.57 Å². The fraction of sp³-hybridized carbons (Fsp3) is 1.00. The zero-order valence-electron chi connectivity index (χ0n) is 8.59. The van der Waals surface area contributed by atoms with Gasteiger partial charge in [-0.1, -0.05) is 0 Å². The number of hydrogen-bond donors (Lipinski definition) is 0. The summed E-state index contributed by atoms with van der Waals surface area (Å²) >= 11 is 0. The van der Waals surface area contributed by atoms with Gasteiger partial charge in [0.05, 0.1) is 26.7 Å². The molecule has 0 spiro atoms. The minimum atomic E-state index is -5.89. The Kier molecular flexibility index (Phi) is 7.69. The summed E-state index contributed by atoms with van der Waals surface area (Å²) in [6, 6.07) is 0. The molecule has 3 nitrogen and oxygen atoms in total. The molecular formula is C7H18F2NO2P. The smallest absolute Gasteiger partial charge is 0.345 e. The lowest BCUT2D eigenvalue weighted by Crippen LogP contribution is -2.42. The molecule has 0 radical (unpaired) electrons. The molecule has 0 amide bonds. The monoisotopic (exact) mass is 217 g/mol. The Morgan fingerprint density at radius 3 is 1.31 bits per heavy atom. The lowest BCUT2D eigenvalue weighted by atomic mass is 10.4. The molecule has 13 heavy (non-hydrogen) atoms. The number of rotatable bonds is 3. The molecule has 6 heteroatoms. The first kappa shape index (κ1) is 15.5. The van der Waals surface area contributed by atoms with Crippen LogP contribution >= 0.6 is 7.99 Å². The zero-order valence-corrected chi connectivity index (χ0v) is 9.48. The molecular weight excluding hydrogens is 199 g/mol. The molecule has 0 saturated carbocycles. The number of quaternary nitrogens is 1. The third-order valence-corrected chi connectivity index (χ3v) is 2.29. The highest BCUT2D eigenvalue weighted by Crippen LogP contribution is 2.37. The molecule has 0 fully saturated rings. The number of nitrogens with zero attached hydrogens (tertiary/aromatic N) is 1. The second-order valence-corrected chi connectivity index (χ2v) is 3.81. The number of halogens is 2. The first-order chi connectivity index (χ1) is 5.68. The van der Waals surface area contributed by atoms with Crippen LogP contribution in [0.3, 0.4) is 0 Å². The fourth-order valence-electron chi connectivity index (χ4n) is 0.671. The second-order valence-electron chi connectivity index (χ2n) is 2.98. The third-order valence-electron chi connectivity index (χ3n) is 2.29. The van der Waals surface area contributed by atoms with Crippen molar-refractivity contribution in [1.82, 2.24) is 0 Å². The van der Waals surface area contributed by atoms with Crippen LogP contribution in [0.4, 0.5) is 8.39 Å². The zero-order chi connectivity index (χ0) is 11.1. The third kappa shape index (κ3) is 14.8. The maximum Gasteiger partial charge on any atom is 0.345 e. The molecule has 0 rings (SSSR count). The van der Waals surface area contributed by atoms with Crippen LogP contribution in [0.5, 0.6) is 0 Å². The minimum absolute atomic E-state index is 1.21. The summed E-state index contributed by atoms with van der Waals surface area (Å²) in [5.74, 6) is 0. The quantitative estimate of drug-likeness (QED) is 0.535. The minimum Gasteiger partial charge on any atom is -0.749 e. The van der Waals surface area contributed by atoms with Gasteiger partial charge in [0.2, 0.25) is 0 Å². The van der Waals surface area contributed by atoms with E-state index in [0.717, 1.165) is 0 Å². The molecule has 0 aromatic carbocycles. The highest BCUT2D eigenvalue weighted by atomic mass is 31.2. The van der Waals surface area contributed by atoms with Crippen molar-refractivity contribution in [2.24, 2.45) is 0 Å². The predicted octanol–water partition coefficient (Wildman–Crippen LogP) is 1.89. The first-order valence-corrected chi connectivity index (χ1v) is 5.63. The normalized spacial score (nSPS) is 11.9. The molecule has 0 aromatic heterocycles. The molecule has 0 N–H and O–H groups in total. The van der Waals surface area contributed by atoms with Crippen molar-refractivity contribution in [1.29, 1.82) is 0 Å². The van der Waals surface area contributed by atoms with Crippen molar-refractivity contribution in [3.8, 4) is 0 Å². The lowest BCUT2D eigenvalue weighted by molar-refractivity contribution is -0.904. The van der Waals surface area contributed by atoms with E-state index in [1.807, 2.05) is 0 Å². The van der Waals surface area contributed by atoms with Crippen LogP contribution in [-0.4, -0.2) is 31.2 Å². The largest absolute Gasteiger partial charge is 0.749 e. The van der Waals surface area contributed by atoms with Gasteiger partial charge < -0.3 is 9.38 Å². The van der Waals surface area contributed by atoms with Gasteiger partial charge in [0, 0.05) is 0 Å². The summed E-state index contributed by atoms with van der Waals surface area (Å²) < 4.78 is 29.6. The van der Waals surface area contributed by atoms with E-state index in [2.05, 4.69) is 27.8 Å². The van der Waals surface area contributed by atoms with Gasteiger partial charge in [0.15, 0.2) is 0 Å². The second kappa shape index (κ2) is 6.46. The fourth-order valence-corrected chi connectivity index (χ4v) is 0.671. The van der Waals surface area contributed by atoms with Gasteiger partial charge in [-0.25, -0.2) is 0 Å². The van der Waals surface area contributed by atoms with Gasteiger partial charge in [0.25, 0.3) is 0 Å². The topological polar surface area (TPSA) is 40.1 Å². The summed E-state index contributed by atoms with van der Waals surface area (Å²) in [4.78, 5) is 8.33. The van der Waals surface area contributed by atoms with Crippen molar-refractivity contribution in [2.75, 3.05) is 26.7 Å². The predicted molar refractivity (Wildman–Crippen MR) is 47.6 cm³/mol. The molecule has 0 unspecified atom stereocenters. The Hall–Kier alpha value is 0.01000. The first-order valence-electron chi connectivity index (χ1n) is 4.22.